The van der Waals surface area contributed by atoms with E-state index in [-0.39, 0.29) is 6.04 Å². The van der Waals surface area contributed by atoms with Crippen molar-refractivity contribution in [3.63, 3.8) is 0 Å². The van der Waals surface area contributed by atoms with E-state index in [9.17, 15) is 0 Å². The Labute approximate surface area is 134 Å². The number of nitrogens with zero attached hydrogens (tertiary/aromatic N) is 4. The topological polar surface area (TPSA) is 45.4 Å². The first kappa shape index (κ1) is 15.9. The fourth-order valence-corrected chi connectivity index (χ4v) is 3.92. The lowest BCUT2D eigenvalue weighted by Crippen LogP contribution is -2.42. The number of hydrogen-bond acceptors (Lipinski definition) is 5. The number of rotatable bonds is 4. The van der Waals surface area contributed by atoms with Gasteiger partial charge in [-0.3, -0.25) is 4.90 Å². The van der Waals surface area contributed by atoms with Gasteiger partial charge in [0.25, 0.3) is 0 Å². The second-order valence-corrected chi connectivity index (χ2v) is 7.05. The first-order valence-corrected chi connectivity index (χ1v) is 8.99. The van der Waals surface area contributed by atoms with Crippen molar-refractivity contribution in [1.29, 1.82) is 0 Å². The van der Waals surface area contributed by atoms with E-state index in [1.54, 1.807) is 0 Å². The van der Waals surface area contributed by atoms with Gasteiger partial charge in [-0.15, -0.1) is 10.2 Å². The highest BCUT2D eigenvalue weighted by Crippen LogP contribution is 2.27. The van der Waals surface area contributed by atoms with E-state index in [4.69, 9.17) is 4.42 Å². The predicted octanol–water partition coefficient (Wildman–Crippen LogP) is 3.03. The van der Waals surface area contributed by atoms with Gasteiger partial charge in [-0.1, -0.05) is 12.8 Å². The Hall–Kier alpha value is -0.940. The van der Waals surface area contributed by atoms with Gasteiger partial charge in [0.2, 0.25) is 11.8 Å². The highest BCUT2D eigenvalue weighted by atomic mass is 16.4. The van der Waals surface area contributed by atoms with Gasteiger partial charge in [0.1, 0.15) is 0 Å². The maximum Gasteiger partial charge on any atom is 0.233 e. The Kier molecular flexibility index (Phi) is 5.47. The van der Waals surface area contributed by atoms with Gasteiger partial charge in [-0.2, -0.15) is 0 Å². The van der Waals surface area contributed by atoms with Crippen LogP contribution >= 0.6 is 0 Å². The summed E-state index contributed by atoms with van der Waals surface area (Å²) in [5.41, 5.74) is 0. The average Bonchev–Trinajstić information content (AvgIpc) is 2.80. The molecule has 2 aliphatic heterocycles. The van der Waals surface area contributed by atoms with Crippen LogP contribution in [0.1, 0.15) is 63.3 Å². The minimum atomic E-state index is 0.244. The molecule has 2 fully saturated rings. The molecule has 3 heterocycles. The Morgan fingerprint density at radius 3 is 2.55 bits per heavy atom. The lowest BCUT2D eigenvalue weighted by molar-refractivity contribution is 0.0933. The monoisotopic (exact) mass is 306 g/mol. The molecule has 2 saturated heterocycles. The van der Waals surface area contributed by atoms with E-state index < -0.39 is 0 Å². The van der Waals surface area contributed by atoms with Crippen LogP contribution in [0.25, 0.3) is 0 Å². The molecular formula is C17H30N4O. The van der Waals surface area contributed by atoms with E-state index in [2.05, 4.69) is 26.9 Å². The maximum atomic E-state index is 5.63. The van der Waals surface area contributed by atoms with Gasteiger partial charge < -0.3 is 9.32 Å². The summed E-state index contributed by atoms with van der Waals surface area (Å²) < 4.78 is 5.63. The summed E-state index contributed by atoms with van der Waals surface area (Å²) in [6.45, 7) is 10.2. The zero-order chi connectivity index (χ0) is 15.4. The van der Waals surface area contributed by atoms with Crippen molar-refractivity contribution in [3.8, 4) is 0 Å². The molecule has 22 heavy (non-hydrogen) atoms. The smallest absolute Gasteiger partial charge is 0.233 e. The lowest BCUT2D eigenvalue weighted by atomic mass is 9.96. The lowest BCUT2D eigenvalue weighted by Gasteiger charge is -2.37. The average molecular weight is 306 g/mol. The third-order valence-corrected chi connectivity index (χ3v) is 5.21. The van der Waals surface area contributed by atoms with Gasteiger partial charge in [-0.25, -0.2) is 0 Å². The fourth-order valence-electron chi connectivity index (χ4n) is 3.92. The summed E-state index contributed by atoms with van der Waals surface area (Å²) in [5.74, 6) is 2.23. The van der Waals surface area contributed by atoms with Crippen LogP contribution in [0.3, 0.4) is 0 Å². The number of aromatic nitrogens is 2. The van der Waals surface area contributed by atoms with E-state index >= 15 is 0 Å². The van der Waals surface area contributed by atoms with Crippen molar-refractivity contribution in [2.24, 2.45) is 5.92 Å². The Balaban J connectivity index is 1.54. The van der Waals surface area contributed by atoms with Gasteiger partial charge in [0.15, 0.2) is 0 Å². The first-order valence-electron chi connectivity index (χ1n) is 8.99. The molecule has 5 nitrogen and oxygen atoms in total. The van der Waals surface area contributed by atoms with Gasteiger partial charge in [0, 0.05) is 20.0 Å². The van der Waals surface area contributed by atoms with Crippen molar-refractivity contribution in [2.75, 3.05) is 32.7 Å². The number of likely N-dealkylation sites (tertiary alicyclic amines) is 2. The van der Waals surface area contributed by atoms with Gasteiger partial charge in [-0.05, 0) is 58.2 Å². The van der Waals surface area contributed by atoms with Crippen molar-refractivity contribution >= 4 is 0 Å². The highest BCUT2D eigenvalue weighted by molar-refractivity contribution is 4.90. The number of piperidine rings is 1. The Morgan fingerprint density at radius 2 is 1.86 bits per heavy atom. The van der Waals surface area contributed by atoms with E-state index in [0.717, 1.165) is 18.4 Å². The molecule has 0 saturated carbocycles. The number of hydrogen-bond donors (Lipinski definition) is 0. The van der Waals surface area contributed by atoms with Crippen molar-refractivity contribution in [1.82, 2.24) is 20.0 Å². The zero-order valence-corrected chi connectivity index (χ0v) is 14.1. The second-order valence-electron chi connectivity index (χ2n) is 7.05. The summed E-state index contributed by atoms with van der Waals surface area (Å²) in [4.78, 5) is 5.22. The molecule has 3 rings (SSSR count). The fraction of sp³-hybridized carbons (Fsp3) is 0.882. The summed E-state index contributed by atoms with van der Waals surface area (Å²) in [7, 11) is 0. The molecule has 0 amide bonds. The quantitative estimate of drug-likeness (QED) is 0.855. The summed E-state index contributed by atoms with van der Waals surface area (Å²) >= 11 is 0. The SMILES string of the molecule is Cc1nnc([C@@H](C)N2CCC[C@H](CN3CCCCCC3)C2)o1. The third-order valence-electron chi connectivity index (χ3n) is 5.21. The maximum absolute atomic E-state index is 5.63. The van der Waals surface area contributed by atoms with E-state index in [1.807, 2.05) is 6.92 Å². The van der Waals surface area contributed by atoms with Crippen LogP contribution in [0.5, 0.6) is 0 Å². The molecular weight excluding hydrogens is 276 g/mol. The van der Waals surface area contributed by atoms with Crippen LogP contribution in [0, 0.1) is 12.8 Å². The van der Waals surface area contributed by atoms with Crippen LogP contribution < -0.4 is 0 Å². The largest absolute Gasteiger partial charge is 0.424 e. The first-order chi connectivity index (χ1) is 10.7. The van der Waals surface area contributed by atoms with Crippen LogP contribution in [-0.2, 0) is 0 Å². The number of aryl methyl sites for hydroxylation is 1. The highest BCUT2D eigenvalue weighted by Gasteiger charge is 2.28. The standard InChI is InChI=1S/C17H30N4O/c1-14(17-19-18-15(2)22-17)21-11-7-8-16(13-21)12-20-9-5-3-4-6-10-20/h14,16H,3-13H2,1-2H3/t14-,16-/m1/s1. The Morgan fingerprint density at radius 1 is 1.09 bits per heavy atom. The van der Waals surface area contributed by atoms with Crippen LogP contribution in [0.15, 0.2) is 4.42 Å². The zero-order valence-electron chi connectivity index (χ0n) is 14.1. The van der Waals surface area contributed by atoms with E-state index in [0.29, 0.717) is 5.89 Å². The third kappa shape index (κ3) is 4.07. The molecule has 1 aromatic heterocycles. The van der Waals surface area contributed by atoms with E-state index in [1.165, 1.54) is 64.7 Å². The van der Waals surface area contributed by atoms with Crippen LogP contribution in [-0.4, -0.2) is 52.7 Å². The Bertz CT molecular complexity index is 453. The summed E-state index contributed by atoms with van der Waals surface area (Å²) in [6.07, 6.45) is 8.25. The normalized spacial score (nSPS) is 26.7. The van der Waals surface area contributed by atoms with Gasteiger partial charge in [0.05, 0.1) is 6.04 Å². The molecule has 0 aromatic carbocycles. The van der Waals surface area contributed by atoms with Crippen LogP contribution in [0.2, 0.25) is 0 Å². The molecule has 5 heteroatoms. The molecule has 0 bridgehead atoms. The van der Waals surface area contributed by atoms with Crippen molar-refractivity contribution < 1.29 is 4.42 Å². The molecule has 0 aliphatic carbocycles. The minimum Gasteiger partial charge on any atom is -0.424 e. The molecule has 0 unspecified atom stereocenters. The molecule has 0 radical (unpaired) electrons. The molecule has 2 aliphatic rings. The van der Waals surface area contributed by atoms with Crippen LogP contribution in [0.4, 0.5) is 0 Å². The van der Waals surface area contributed by atoms with Crippen molar-refractivity contribution in [3.05, 3.63) is 11.8 Å². The second kappa shape index (κ2) is 7.55. The minimum absolute atomic E-state index is 0.244. The molecule has 0 N–H and O–H groups in total. The van der Waals surface area contributed by atoms with Gasteiger partial charge >= 0.3 is 0 Å². The predicted molar refractivity (Wildman–Crippen MR) is 86.7 cm³/mol. The molecule has 0 spiro atoms. The molecule has 2 atom stereocenters. The summed E-state index contributed by atoms with van der Waals surface area (Å²) in [6, 6.07) is 0.244. The van der Waals surface area contributed by atoms with Crippen molar-refractivity contribution in [2.45, 2.75) is 58.4 Å². The molecule has 124 valence electrons. The molecule has 1 aromatic rings. The summed E-state index contributed by atoms with van der Waals surface area (Å²) in [5, 5.41) is 8.18.